The quantitative estimate of drug-likeness (QED) is 0.577. The van der Waals surface area contributed by atoms with Crippen molar-refractivity contribution in [3.05, 3.63) is 18.2 Å². The highest BCUT2D eigenvalue weighted by Gasteiger charge is 2.31. The van der Waals surface area contributed by atoms with Gasteiger partial charge in [0.05, 0.1) is 18.8 Å². The minimum absolute atomic E-state index is 0.0293. The van der Waals surface area contributed by atoms with E-state index in [9.17, 15) is 0 Å². The standard InChI is InChI=1S/C11H18N4O/c1-11(2)8-16-7-6-15(11)10-5-3-4-9(13-10)14-12/h3-5H,6-8,12H2,1-2H3,(H,13,14). The van der Waals surface area contributed by atoms with Crippen molar-refractivity contribution in [3.8, 4) is 0 Å². The Balaban J connectivity index is 2.27. The third-order valence-electron chi connectivity index (χ3n) is 2.80. The van der Waals surface area contributed by atoms with Crippen LogP contribution in [0, 0.1) is 0 Å². The molecule has 88 valence electrons. The monoisotopic (exact) mass is 222 g/mol. The van der Waals surface area contributed by atoms with Crippen LogP contribution >= 0.6 is 0 Å². The fourth-order valence-electron chi connectivity index (χ4n) is 1.94. The van der Waals surface area contributed by atoms with Crippen LogP contribution in [0.3, 0.4) is 0 Å². The molecule has 1 fully saturated rings. The van der Waals surface area contributed by atoms with Gasteiger partial charge in [-0.15, -0.1) is 0 Å². The first-order valence-electron chi connectivity index (χ1n) is 5.42. The van der Waals surface area contributed by atoms with Crippen LogP contribution < -0.4 is 16.2 Å². The van der Waals surface area contributed by atoms with Gasteiger partial charge in [-0.25, -0.2) is 10.8 Å². The second kappa shape index (κ2) is 4.27. The smallest absolute Gasteiger partial charge is 0.142 e. The van der Waals surface area contributed by atoms with Crippen LogP contribution in [0.1, 0.15) is 13.8 Å². The van der Waals surface area contributed by atoms with E-state index in [2.05, 4.69) is 29.2 Å². The fourth-order valence-corrected chi connectivity index (χ4v) is 1.94. The Labute approximate surface area is 95.6 Å². The molecule has 0 unspecified atom stereocenters. The largest absolute Gasteiger partial charge is 0.377 e. The van der Waals surface area contributed by atoms with Gasteiger partial charge in [0.2, 0.25) is 0 Å². The number of pyridine rings is 1. The number of ether oxygens (including phenoxy) is 1. The topological polar surface area (TPSA) is 63.4 Å². The molecule has 1 aliphatic heterocycles. The second-order valence-corrected chi connectivity index (χ2v) is 4.54. The summed E-state index contributed by atoms with van der Waals surface area (Å²) in [5.41, 5.74) is 2.54. The summed E-state index contributed by atoms with van der Waals surface area (Å²) in [4.78, 5) is 6.69. The lowest BCUT2D eigenvalue weighted by Gasteiger charge is -2.43. The SMILES string of the molecule is CC1(C)COCCN1c1cccc(NN)n1. The highest BCUT2D eigenvalue weighted by Crippen LogP contribution is 2.25. The average Bonchev–Trinajstić information content (AvgIpc) is 2.28. The molecule has 0 bridgehead atoms. The van der Waals surface area contributed by atoms with E-state index in [-0.39, 0.29) is 5.54 Å². The number of morpholine rings is 1. The highest BCUT2D eigenvalue weighted by molar-refractivity contribution is 5.48. The maximum absolute atomic E-state index is 5.48. The Morgan fingerprint density at radius 3 is 3.00 bits per heavy atom. The summed E-state index contributed by atoms with van der Waals surface area (Å²) in [6, 6.07) is 5.79. The molecule has 16 heavy (non-hydrogen) atoms. The van der Waals surface area contributed by atoms with E-state index < -0.39 is 0 Å². The van der Waals surface area contributed by atoms with Crippen LogP contribution in [0.15, 0.2) is 18.2 Å². The number of hydrogen-bond donors (Lipinski definition) is 2. The van der Waals surface area contributed by atoms with Gasteiger partial charge in [-0.3, -0.25) is 0 Å². The minimum Gasteiger partial charge on any atom is -0.377 e. The van der Waals surface area contributed by atoms with Crippen molar-refractivity contribution in [2.24, 2.45) is 5.84 Å². The normalized spacial score (nSPS) is 19.6. The van der Waals surface area contributed by atoms with Crippen molar-refractivity contribution < 1.29 is 4.74 Å². The summed E-state index contributed by atoms with van der Waals surface area (Å²) in [5, 5.41) is 0. The Hall–Kier alpha value is -1.33. The number of aromatic nitrogens is 1. The van der Waals surface area contributed by atoms with Crippen LogP contribution in [-0.2, 0) is 4.74 Å². The molecule has 1 aliphatic rings. The van der Waals surface area contributed by atoms with Crippen LogP contribution in [0.5, 0.6) is 0 Å². The fraction of sp³-hybridized carbons (Fsp3) is 0.545. The highest BCUT2D eigenvalue weighted by atomic mass is 16.5. The van der Waals surface area contributed by atoms with Gasteiger partial charge >= 0.3 is 0 Å². The van der Waals surface area contributed by atoms with Crippen LogP contribution in [0.25, 0.3) is 0 Å². The number of nitrogens with two attached hydrogens (primary N) is 1. The summed E-state index contributed by atoms with van der Waals surface area (Å²) >= 11 is 0. The molecule has 0 radical (unpaired) electrons. The van der Waals surface area contributed by atoms with E-state index in [0.717, 1.165) is 25.6 Å². The first kappa shape index (κ1) is 11.2. The zero-order chi connectivity index (χ0) is 11.6. The van der Waals surface area contributed by atoms with Crippen LogP contribution in [0.2, 0.25) is 0 Å². The van der Waals surface area contributed by atoms with Crippen LogP contribution in [0.4, 0.5) is 11.6 Å². The summed E-state index contributed by atoms with van der Waals surface area (Å²) in [6.07, 6.45) is 0. The maximum Gasteiger partial charge on any atom is 0.142 e. The number of anilines is 2. The Bertz CT molecular complexity index is 367. The lowest BCUT2D eigenvalue weighted by atomic mass is 10.0. The summed E-state index contributed by atoms with van der Waals surface area (Å²) in [6.45, 7) is 6.61. The van der Waals surface area contributed by atoms with Crippen molar-refractivity contribution in [2.45, 2.75) is 19.4 Å². The molecule has 0 aliphatic carbocycles. The summed E-state index contributed by atoms with van der Waals surface area (Å²) < 4.78 is 5.48. The molecule has 2 heterocycles. The van der Waals surface area contributed by atoms with Gasteiger partial charge in [-0.1, -0.05) is 6.07 Å². The van der Waals surface area contributed by atoms with Crippen LogP contribution in [-0.4, -0.2) is 30.3 Å². The Morgan fingerprint density at radius 1 is 1.50 bits per heavy atom. The van der Waals surface area contributed by atoms with Crippen molar-refractivity contribution in [1.82, 2.24) is 4.98 Å². The van der Waals surface area contributed by atoms with E-state index >= 15 is 0 Å². The van der Waals surface area contributed by atoms with E-state index in [0.29, 0.717) is 5.82 Å². The van der Waals surface area contributed by atoms with Gasteiger partial charge in [-0.05, 0) is 26.0 Å². The Morgan fingerprint density at radius 2 is 2.31 bits per heavy atom. The third-order valence-corrected chi connectivity index (χ3v) is 2.80. The molecule has 1 aromatic rings. The molecule has 0 saturated carbocycles. The molecule has 5 nitrogen and oxygen atoms in total. The first-order chi connectivity index (χ1) is 7.63. The number of nitrogen functional groups attached to an aromatic ring is 1. The summed E-state index contributed by atoms with van der Waals surface area (Å²) in [5.74, 6) is 6.97. The number of nitrogens with zero attached hydrogens (tertiary/aromatic N) is 2. The lowest BCUT2D eigenvalue weighted by molar-refractivity contribution is 0.0639. The molecule has 0 spiro atoms. The molecule has 0 amide bonds. The van der Waals surface area contributed by atoms with E-state index in [1.807, 2.05) is 18.2 Å². The van der Waals surface area contributed by atoms with Gasteiger partial charge in [0, 0.05) is 6.54 Å². The van der Waals surface area contributed by atoms with Gasteiger partial charge in [0.1, 0.15) is 11.6 Å². The molecule has 0 aromatic carbocycles. The van der Waals surface area contributed by atoms with Gasteiger partial charge in [-0.2, -0.15) is 0 Å². The van der Waals surface area contributed by atoms with Gasteiger partial charge in [0.15, 0.2) is 0 Å². The predicted molar refractivity (Wildman–Crippen MR) is 64.3 cm³/mol. The third kappa shape index (κ3) is 2.10. The zero-order valence-electron chi connectivity index (χ0n) is 9.73. The number of nitrogens with one attached hydrogen (secondary N) is 1. The number of hydrazine groups is 1. The predicted octanol–water partition coefficient (Wildman–Crippen LogP) is 0.982. The van der Waals surface area contributed by atoms with Gasteiger partial charge in [0.25, 0.3) is 0 Å². The second-order valence-electron chi connectivity index (χ2n) is 4.54. The lowest BCUT2D eigenvalue weighted by Crippen LogP contribution is -2.53. The summed E-state index contributed by atoms with van der Waals surface area (Å²) in [7, 11) is 0. The molecule has 2 rings (SSSR count). The molecule has 1 aromatic heterocycles. The van der Waals surface area contributed by atoms with Crippen molar-refractivity contribution in [1.29, 1.82) is 0 Å². The van der Waals surface area contributed by atoms with E-state index in [1.54, 1.807) is 0 Å². The van der Waals surface area contributed by atoms with Gasteiger partial charge < -0.3 is 15.1 Å². The van der Waals surface area contributed by atoms with E-state index in [1.165, 1.54) is 0 Å². The van der Waals surface area contributed by atoms with Crippen molar-refractivity contribution in [2.75, 3.05) is 30.1 Å². The van der Waals surface area contributed by atoms with E-state index in [4.69, 9.17) is 10.6 Å². The molecular weight excluding hydrogens is 204 g/mol. The molecular formula is C11H18N4O. The Kier molecular flexibility index (Phi) is 2.98. The molecule has 1 saturated heterocycles. The average molecular weight is 222 g/mol. The maximum atomic E-state index is 5.48. The zero-order valence-corrected chi connectivity index (χ0v) is 9.73. The molecule has 5 heteroatoms. The molecule has 0 atom stereocenters. The minimum atomic E-state index is -0.0293. The first-order valence-corrected chi connectivity index (χ1v) is 5.42. The molecule has 3 N–H and O–H groups in total. The van der Waals surface area contributed by atoms with Crippen molar-refractivity contribution >= 4 is 11.6 Å². The van der Waals surface area contributed by atoms with Crippen molar-refractivity contribution in [3.63, 3.8) is 0 Å². The number of rotatable bonds is 2. The number of hydrogen-bond acceptors (Lipinski definition) is 5.